The second-order valence-corrected chi connectivity index (χ2v) is 3.67. The van der Waals surface area contributed by atoms with Crippen LogP contribution in [0.4, 0.5) is 0 Å². The molecule has 0 aliphatic carbocycles. The number of rotatable bonds is 5. The first-order valence-corrected chi connectivity index (χ1v) is 5.57. The number of hydrogen-bond donors (Lipinski definition) is 1. The zero-order valence-electron chi connectivity index (χ0n) is 9.75. The average Bonchev–Trinajstić information content (AvgIpc) is 2.72. The fourth-order valence-corrected chi connectivity index (χ4v) is 1.82. The number of H-pyrrole nitrogens is 1. The molecule has 16 heavy (non-hydrogen) atoms. The van der Waals surface area contributed by atoms with Gasteiger partial charge in [0.25, 0.3) is 0 Å². The van der Waals surface area contributed by atoms with Crippen LogP contribution in [-0.4, -0.2) is 25.3 Å². The van der Waals surface area contributed by atoms with E-state index in [0.29, 0.717) is 0 Å². The molecular formula is C13H17NO2. The van der Waals surface area contributed by atoms with Gasteiger partial charge in [0.05, 0.1) is 13.7 Å². The molecule has 3 nitrogen and oxygen atoms in total. The van der Waals surface area contributed by atoms with Crippen molar-refractivity contribution in [2.45, 2.75) is 13.3 Å². The molecule has 1 aromatic heterocycles. The predicted molar refractivity (Wildman–Crippen MR) is 65.0 cm³/mol. The van der Waals surface area contributed by atoms with Crippen LogP contribution in [0.5, 0.6) is 5.75 Å². The van der Waals surface area contributed by atoms with E-state index in [-0.39, 0.29) is 0 Å². The minimum Gasteiger partial charge on any atom is -0.497 e. The van der Waals surface area contributed by atoms with Crippen LogP contribution in [0.1, 0.15) is 12.5 Å². The van der Waals surface area contributed by atoms with E-state index < -0.39 is 0 Å². The first-order valence-electron chi connectivity index (χ1n) is 5.57. The Morgan fingerprint density at radius 3 is 2.94 bits per heavy atom. The lowest BCUT2D eigenvalue weighted by Gasteiger charge is -2.02. The van der Waals surface area contributed by atoms with Crippen molar-refractivity contribution in [1.29, 1.82) is 0 Å². The number of aromatic amines is 1. The number of aromatic nitrogens is 1. The van der Waals surface area contributed by atoms with Crippen LogP contribution < -0.4 is 4.74 Å². The molecule has 2 rings (SSSR count). The summed E-state index contributed by atoms with van der Waals surface area (Å²) in [5.74, 6) is 0.893. The number of fused-ring (bicyclic) bond motifs is 1. The van der Waals surface area contributed by atoms with Crippen molar-refractivity contribution in [3.8, 4) is 5.75 Å². The fourth-order valence-electron chi connectivity index (χ4n) is 1.82. The molecule has 0 radical (unpaired) electrons. The van der Waals surface area contributed by atoms with Gasteiger partial charge in [-0.2, -0.15) is 0 Å². The molecule has 0 unspecified atom stereocenters. The molecule has 0 atom stereocenters. The molecule has 0 fully saturated rings. The largest absolute Gasteiger partial charge is 0.497 e. The first-order chi connectivity index (χ1) is 7.85. The van der Waals surface area contributed by atoms with Gasteiger partial charge in [0, 0.05) is 23.7 Å². The van der Waals surface area contributed by atoms with Gasteiger partial charge in [-0.3, -0.25) is 0 Å². The van der Waals surface area contributed by atoms with Crippen LogP contribution in [0.25, 0.3) is 10.9 Å². The molecule has 86 valence electrons. The second kappa shape index (κ2) is 5.03. The highest BCUT2D eigenvalue weighted by Gasteiger charge is 2.04. The van der Waals surface area contributed by atoms with E-state index >= 15 is 0 Å². The summed E-state index contributed by atoms with van der Waals surface area (Å²) in [6.07, 6.45) is 2.98. The predicted octanol–water partition coefficient (Wildman–Crippen LogP) is 2.76. The van der Waals surface area contributed by atoms with Crippen molar-refractivity contribution in [3.63, 3.8) is 0 Å². The third-order valence-electron chi connectivity index (χ3n) is 2.69. The Hall–Kier alpha value is -1.48. The SMILES string of the molecule is CCOCCc1c[nH]c2ccc(OC)cc12. The highest BCUT2D eigenvalue weighted by Crippen LogP contribution is 2.23. The van der Waals surface area contributed by atoms with Gasteiger partial charge < -0.3 is 14.5 Å². The maximum atomic E-state index is 5.37. The lowest BCUT2D eigenvalue weighted by molar-refractivity contribution is 0.151. The van der Waals surface area contributed by atoms with E-state index in [1.807, 2.05) is 25.3 Å². The summed E-state index contributed by atoms with van der Waals surface area (Å²) < 4.78 is 10.6. The van der Waals surface area contributed by atoms with Gasteiger partial charge in [0.15, 0.2) is 0 Å². The summed E-state index contributed by atoms with van der Waals surface area (Å²) in [5.41, 5.74) is 2.43. The van der Waals surface area contributed by atoms with Crippen LogP contribution in [-0.2, 0) is 11.2 Å². The van der Waals surface area contributed by atoms with Gasteiger partial charge in [-0.1, -0.05) is 0 Å². The van der Waals surface area contributed by atoms with Crippen molar-refractivity contribution in [2.24, 2.45) is 0 Å². The van der Waals surface area contributed by atoms with Gasteiger partial charge in [-0.15, -0.1) is 0 Å². The molecule has 1 heterocycles. The zero-order valence-corrected chi connectivity index (χ0v) is 9.75. The molecular weight excluding hydrogens is 202 g/mol. The minimum absolute atomic E-state index is 0.765. The van der Waals surface area contributed by atoms with Crippen molar-refractivity contribution in [2.75, 3.05) is 20.3 Å². The van der Waals surface area contributed by atoms with Gasteiger partial charge in [-0.25, -0.2) is 0 Å². The second-order valence-electron chi connectivity index (χ2n) is 3.67. The maximum absolute atomic E-state index is 5.37. The molecule has 0 bridgehead atoms. The van der Waals surface area contributed by atoms with Gasteiger partial charge in [0.1, 0.15) is 5.75 Å². The molecule has 3 heteroatoms. The maximum Gasteiger partial charge on any atom is 0.119 e. The minimum atomic E-state index is 0.765. The Kier molecular flexibility index (Phi) is 3.47. The van der Waals surface area contributed by atoms with Gasteiger partial charge in [0.2, 0.25) is 0 Å². The molecule has 2 aromatic rings. The number of ether oxygens (including phenoxy) is 2. The quantitative estimate of drug-likeness (QED) is 0.784. The zero-order chi connectivity index (χ0) is 11.4. The summed E-state index contributed by atoms with van der Waals surface area (Å²) >= 11 is 0. The van der Waals surface area contributed by atoms with E-state index in [1.165, 1.54) is 10.9 Å². The number of benzene rings is 1. The Balaban J connectivity index is 2.24. The molecule has 1 N–H and O–H groups in total. The van der Waals surface area contributed by atoms with Crippen molar-refractivity contribution < 1.29 is 9.47 Å². The monoisotopic (exact) mass is 219 g/mol. The Morgan fingerprint density at radius 1 is 1.31 bits per heavy atom. The molecule has 0 saturated heterocycles. The topological polar surface area (TPSA) is 34.2 Å². The lowest BCUT2D eigenvalue weighted by atomic mass is 10.1. The highest BCUT2D eigenvalue weighted by molar-refractivity contribution is 5.84. The Labute approximate surface area is 95.4 Å². The Bertz CT molecular complexity index is 462. The standard InChI is InChI=1S/C13H17NO2/c1-3-16-7-6-10-9-14-13-5-4-11(15-2)8-12(10)13/h4-5,8-9,14H,3,6-7H2,1-2H3. The van der Waals surface area contributed by atoms with Crippen LogP contribution in [0, 0.1) is 0 Å². The fraction of sp³-hybridized carbons (Fsp3) is 0.385. The summed E-state index contributed by atoms with van der Waals surface area (Å²) in [5, 5.41) is 1.22. The molecule has 0 spiro atoms. The first kappa shape index (κ1) is 11.0. The highest BCUT2D eigenvalue weighted by atomic mass is 16.5. The summed E-state index contributed by atoms with van der Waals surface area (Å²) in [6.45, 7) is 3.55. The van der Waals surface area contributed by atoms with E-state index in [2.05, 4.69) is 11.1 Å². The number of hydrogen-bond acceptors (Lipinski definition) is 2. The van der Waals surface area contributed by atoms with Crippen LogP contribution in [0.2, 0.25) is 0 Å². The van der Waals surface area contributed by atoms with Gasteiger partial charge >= 0.3 is 0 Å². The van der Waals surface area contributed by atoms with Crippen molar-refractivity contribution >= 4 is 10.9 Å². The van der Waals surface area contributed by atoms with E-state index in [4.69, 9.17) is 9.47 Å². The average molecular weight is 219 g/mol. The summed E-state index contributed by atoms with van der Waals surface area (Å²) in [7, 11) is 1.69. The molecule has 0 saturated carbocycles. The molecule has 0 aliphatic heterocycles. The van der Waals surface area contributed by atoms with E-state index in [0.717, 1.165) is 30.9 Å². The van der Waals surface area contributed by atoms with Crippen LogP contribution in [0.15, 0.2) is 24.4 Å². The van der Waals surface area contributed by atoms with Gasteiger partial charge in [-0.05, 0) is 37.1 Å². The summed E-state index contributed by atoms with van der Waals surface area (Å²) in [6, 6.07) is 6.07. The van der Waals surface area contributed by atoms with Crippen molar-refractivity contribution in [3.05, 3.63) is 30.0 Å². The van der Waals surface area contributed by atoms with E-state index in [1.54, 1.807) is 7.11 Å². The normalized spacial score (nSPS) is 10.9. The van der Waals surface area contributed by atoms with Crippen LogP contribution in [0.3, 0.4) is 0 Å². The van der Waals surface area contributed by atoms with Crippen LogP contribution >= 0.6 is 0 Å². The van der Waals surface area contributed by atoms with E-state index in [9.17, 15) is 0 Å². The molecule has 1 aromatic carbocycles. The third-order valence-corrected chi connectivity index (χ3v) is 2.69. The number of nitrogens with one attached hydrogen (secondary N) is 1. The number of methoxy groups -OCH3 is 1. The Morgan fingerprint density at radius 2 is 2.19 bits per heavy atom. The third kappa shape index (κ3) is 2.19. The smallest absolute Gasteiger partial charge is 0.119 e. The lowest BCUT2D eigenvalue weighted by Crippen LogP contribution is -1.96. The molecule has 0 amide bonds. The summed E-state index contributed by atoms with van der Waals surface area (Å²) in [4.78, 5) is 3.26. The molecule has 0 aliphatic rings. The van der Waals surface area contributed by atoms with Crippen molar-refractivity contribution in [1.82, 2.24) is 4.98 Å².